The summed E-state index contributed by atoms with van der Waals surface area (Å²) in [5.41, 5.74) is 2.43. The predicted octanol–water partition coefficient (Wildman–Crippen LogP) is 7.32. The van der Waals surface area contributed by atoms with Crippen molar-refractivity contribution in [1.29, 1.82) is 0 Å². The van der Waals surface area contributed by atoms with Gasteiger partial charge in [0.05, 0.1) is 11.7 Å². The first-order valence-electron chi connectivity index (χ1n) is 7.08. The minimum Gasteiger partial charge on any atom is -0.376 e. The maximum absolute atomic E-state index is 3.68. The molecule has 1 N–H and O–H groups in total. The van der Waals surface area contributed by atoms with Gasteiger partial charge in [-0.05, 0) is 56.0 Å². The lowest BCUT2D eigenvalue weighted by Crippen LogP contribution is -2.11. The van der Waals surface area contributed by atoms with E-state index in [1.165, 1.54) is 18.4 Å². The molecule has 0 aliphatic rings. The molecule has 4 heteroatoms. The Morgan fingerprint density at radius 1 is 1.00 bits per heavy atom. The second-order valence-electron chi connectivity index (χ2n) is 4.99. The molecule has 1 unspecified atom stereocenters. The largest absolute Gasteiger partial charge is 0.376 e. The van der Waals surface area contributed by atoms with Gasteiger partial charge in [-0.25, -0.2) is 0 Å². The van der Waals surface area contributed by atoms with Crippen molar-refractivity contribution in [1.82, 2.24) is 0 Å². The van der Waals surface area contributed by atoms with Crippen LogP contribution in [-0.2, 0) is 0 Å². The molecule has 0 radical (unpaired) electrons. The highest BCUT2D eigenvalue weighted by Crippen LogP contribution is 2.37. The molecular weight excluding hydrogens is 458 g/mol. The zero-order valence-electron chi connectivity index (χ0n) is 11.9. The summed E-state index contributed by atoms with van der Waals surface area (Å²) in [5.74, 6) is 0. The van der Waals surface area contributed by atoms with E-state index in [4.69, 9.17) is 0 Å². The smallest absolute Gasteiger partial charge is 0.0634 e. The van der Waals surface area contributed by atoms with E-state index in [0.717, 1.165) is 25.5 Å². The van der Waals surface area contributed by atoms with Crippen LogP contribution in [0.2, 0.25) is 0 Å². The number of hydrogen-bond donors (Lipinski definition) is 1. The zero-order valence-corrected chi connectivity index (χ0v) is 16.6. The molecule has 0 fully saturated rings. The Labute approximate surface area is 151 Å². The van der Waals surface area contributed by atoms with Crippen LogP contribution in [0.15, 0.2) is 55.9 Å². The fraction of sp³-hybridized carbons (Fsp3) is 0.294. The number of nitrogens with one attached hydrogen (secondary N) is 1. The zero-order chi connectivity index (χ0) is 15.2. The van der Waals surface area contributed by atoms with Gasteiger partial charge in [-0.1, -0.05) is 66.0 Å². The molecule has 112 valence electrons. The lowest BCUT2D eigenvalue weighted by atomic mass is 10.0. The van der Waals surface area contributed by atoms with Gasteiger partial charge in [-0.15, -0.1) is 0 Å². The molecule has 2 rings (SSSR count). The Kier molecular flexibility index (Phi) is 6.77. The molecule has 0 saturated carbocycles. The van der Waals surface area contributed by atoms with Crippen LogP contribution in [0, 0.1) is 0 Å². The van der Waals surface area contributed by atoms with Crippen molar-refractivity contribution < 1.29 is 0 Å². The highest BCUT2D eigenvalue weighted by molar-refractivity contribution is 9.11. The van der Waals surface area contributed by atoms with Crippen molar-refractivity contribution in [2.24, 2.45) is 0 Å². The molecule has 21 heavy (non-hydrogen) atoms. The van der Waals surface area contributed by atoms with Crippen LogP contribution >= 0.6 is 47.8 Å². The normalized spacial score (nSPS) is 12.2. The lowest BCUT2D eigenvalue weighted by molar-refractivity contribution is 0.634. The first-order valence-corrected chi connectivity index (χ1v) is 9.45. The van der Waals surface area contributed by atoms with E-state index in [-0.39, 0.29) is 0 Å². The van der Waals surface area contributed by atoms with Gasteiger partial charge in [-0.2, -0.15) is 0 Å². The molecular formula is C17H18Br3N. The number of halogens is 3. The number of hydrogen-bond acceptors (Lipinski definition) is 1. The average molecular weight is 476 g/mol. The molecule has 2 aromatic rings. The summed E-state index contributed by atoms with van der Waals surface area (Å²) in [4.78, 5) is 0. The van der Waals surface area contributed by atoms with E-state index < -0.39 is 0 Å². The second-order valence-corrected chi connectivity index (χ2v) is 7.62. The van der Waals surface area contributed by atoms with Crippen LogP contribution in [0.25, 0.3) is 0 Å². The van der Waals surface area contributed by atoms with Gasteiger partial charge in [0.15, 0.2) is 0 Å². The van der Waals surface area contributed by atoms with Gasteiger partial charge < -0.3 is 5.32 Å². The lowest BCUT2D eigenvalue weighted by Gasteiger charge is -2.22. The molecule has 0 saturated heterocycles. The van der Waals surface area contributed by atoms with Crippen LogP contribution in [-0.4, -0.2) is 0 Å². The van der Waals surface area contributed by atoms with Crippen LogP contribution in [0.1, 0.15) is 37.8 Å². The first-order chi connectivity index (χ1) is 10.1. The van der Waals surface area contributed by atoms with E-state index in [1.54, 1.807) is 0 Å². The number of benzene rings is 2. The SMILES string of the molecule is CCCCC(Nc1c(Br)cc(Br)cc1Br)c1ccccc1. The molecule has 0 spiro atoms. The third kappa shape index (κ3) is 4.83. The van der Waals surface area contributed by atoms with Crippen molar-refractivity contribution in [2.45, 2.75) is 32.2 Å². The predicted molar refractivity (Wildman–Crippen MR) is 102 cm³/mol. The molecule has 0 aliphatic carbocycles. The van der Waals surface area contributed by atoms with Gasteiger partial charge in [0, 0.05) is 13.4 Å². The highest BCUT2D eigenvalue weighted by Gasteiger charge is 2.14. The van der Waals surface area contributed by atoms with Crippen LogP contribution in [0.4, 0.5) is 5.69 Å². The van der Waals surface area contributed by atoms with Crippen molar-refractivity contribution in [3.8, 4) is 0 Å². The van der Waals surface area contributed by atoms with Crippen LogP contribution in [0.3, 0.4) is 0 Å². The summed E-state index contributed by atoms with van der Waals surface area (Å²) in [6, 6.07) is 15.1. The molecule has 0 heterocycles. The standard InChI is InChI=1S/C17H18Br3N/c1-2-3-9-16(12-7-5-4-6-8-12)21-17-14(19)10-13(18)11-15(17)20/h4-8,10-11,16,21H,2-3,9H2,1H3. The van der Waals surface area contributed by atoms with Gasteiger partial charge in [0.1, 0.15) is 0 Å². The topological polar surface area (TPSA) is 12.0 Å². The van der Waals surface area contributed by atoms with Gasteiger partial charge in [0.2, 0.25) is 0 Å². The Balaban J connectivity index is 2.27. The highest BCUT2D eigenvalue weighted by atomic mass is 79.9. The Hall–Kier alpha value is -0.320. The molecule has 0 bridgehead atoms. The average Bonchev–Trinajstić information content (AvgIpc) is 2.46. The third-order valence-corrected chi connectivity index (χ3v) is 5.08. The third-order valence-electron chi connectivity index (χ3n) is 3.37. The quantitative estimate of drug-likeness (QED) is 0.461. The fourth-order valence-corrected chi connectivity index (χ4v) is 4.76. The van der Waals surface area contributed by atoms with E-state index in [9.17, 15) is 0 Å². The molecule has 0 aliphatic heterocycles. The van der Waals surface area contributed by atoms with E-state index in [0.29, 0.717) is 6.04 Å². The van der Waals surface area contributed by atoms with Gasteiger partial charge in [-0.3, -0.25) is 0 Å². The molecule has 1 nitrogen and oxygen atoms in total. The maximum atomic E-state index is 3.68. The van der Waals surface area contributed by atoms with Crippen molar-refractivity contribution in [3.63, 3.8) is 0 Å². The van der Waals surface area contributed by atoms with E-state index in [1.807, 2.05) is 0 Å². The minimum atomic E-state index is 0.319. The first kappa shape index (κ1) is 17.0. The molecule has 0 aromatic heterocycles. The number of unbranched alkanes of at least 4 members (excludes halogenated alkanes) is 1. The summed E-state index contributed by atoms with van der Waals surface area (Å²) >= 11 is 10.8. The van der Waals surface area contributed by atoms with Crippen LogP contribution < -0.4 is 5.32 Å². The number of anilines is 1. The second kappa shape index (κ2) is 8.35. The van der Waals surface area contributed by atoms with Crippen molar-refractivity contribution in [2.75, 3.05) is 5.32 Å². The molecule has 2 aromatic carbocycles. The summed E-state index contributed by atoms with van der Waals surface area (Å²) in [7, 11) is 0. The fourth-order valence-electron chi connectivity index (χ4n) is 2.27. The van der Waals surface area contributed by atoms with Crippen molar-refractivity contribution >= 4 is 53.5 Å². The maximum Gasteiger partial charge on any atom is 0.0634 e. The minimum absolute atomic E-state index is 0.319. The number of rotatable bonds is 6. The Morgan fingerprint density at radius 2 is 1.62 bits per heavy atom. The molecule has 0 amide bonds. The van der Waals surface area contributed by atoms with E-state index in [2.05, 4.69) is 102 Å². The summed E-state index contributed by atoms with van der Waals surface area (Å²) in [5, 5.41) is 3.68. The van der Waals surface area contributed by atoms with Gasteiger partial charge >= 0.3 is 0 Å². The van der Waals surface area contributed by atoms with Crippen LogP contribution in [0.5, 0.6) is 0 Å². The summed E-state index contributed by atoms with van der Waals surface area (Å²) in [6.07, 6.45) is 3.53. The Bertz CT molecular complexity index is 561. The molecule has 1 atom stereocenters. The van der Waals surface area contributed by atoms with Gasteiger partial charge in [0.25, 0.3) is 0 Å². The monoisotopic (exact) mass is 473 g/mol. The van der Waals surface area contributed by atoms with E-state index >= 15 is 0 Å². The Morgan fingerprint density at radius 3 is 2.19 bits per heavy atom. The summed E-state index contributed by atoms with van der Waals surface area (Å²) < 4.78 is 3.17. The van der Waals surface area contributed by atoms with Crippen molar-refractivity contribution in [3.05, 3.63) is 61.4 Å². The summed E-state index contributed by atoms with van der Waals surface area (Å²) in [6.45, 7) is 2.23.